The largest absolute Gasteiger partial charge is 0.489 e. The Kier molecular flexibility index (Phi) is 5.26. The number of piperidine rings is 1. The van der Waals surface area contributed by atoms with Crippen LogP contribution in [0.4, 0.5) is 4.39 Å². The Morgan fingerprint density at radius 1 is 1.21 bits per heavy atom. The number of halogens is 2. The summed E-state index contributed by atoms with van der Waals surface area (Å²) in [5, 5.41) is 5.04. The number of hydrogen-bond acceptors (Lipinski definition) is 5. The van der Waals surface area contributed by atoms with Gasteiger partial charge in [0.25, 0.3) is 5.91 Å². The molecule has 2 bridgehead atoms. The zero-order valence-corrected chi connectivity index (χ0v) is 20.0. The molecule has 0 aliphatic carbocycles. The summed E-state index contributed by atoms with van der Waals surface area (Å²) in [6.45, 7) is 5.23. The molecule has 3 aliphatic heterocycles. The lowest BCUT2D eigenvalue weighted by molar-refractivity contribution is 0.0299. The fraction of sp³-hybridized carbons (Fsp3) is 0.480. The second kappa shape index (κ2) is 8.20. The quantitative estimate of drug-likeness (QED) is 0.548. The van der Waals surface area contributed by atoms with E-state index in [1.54, 1.807) is 21.8 Å². The minimum atomic E-state index is -0.405. The number of fused-ring (bicyclic) bond motifs is 5. The van der Waals surface area contributed by atoms with Crippen LogP contribution in [0.25, 0.3) is 5.65 Å². The van der Waals surface area contributed by atoms with Crippen LogP contribution in [-0.2, 0) is 13.1 Å². The summed E-state index contributed by atoms with van der Waals surface area (Å²) in [6, 6.07) is 5.69. The topological polar surface area (TPSA) is 63.0 Å². The van der Waals surface area contributed by atoms with E-state index in [0.29, 0.717) is 53.2 Å². The highest BCUT2D eigenvalue weighted by molar-refractivity contribution is 6.30. The molecule has 1 amide bonds. The molecule has 0 unspecified atom stereocenters. The van der Waals surface area contributed by atoms with Crippen molar-refractivity contribution in [2.75, 3.05) is 0 Å². The standard InChI is InChI=1S/C25H27ClFN5O2/c1-14(2)32-17-4-5-18(32)9-19(8-17)34-23-7-16(27)3-6-20(23)25(33)30-12-21-22(13-30)29-31-11-15(26)10-28-24(21)31/h3,6-7,10-11,14,17-19H,4-5,8-9,12-13H2,1-2H3/t17-,18+,19+. The van der Waals surface area contributed by atoms with Crippen LogP contribution < -0.4 is 4.74 Å². The number of ether oxygens (including phenoxy) is 1. The van der Waals surface area contributed by atoms with Gasteiger partial charge in [-0.2, -0.15) is 5.10 Å². The Labute approximate surface area is 202 Å². The summed E-state index contributed by atoms with van der Waals surface area (Å²) >= 11 is 6.02. The Morgan fingerprint density at radius 2 is 1.97 bits per heavy atom. The summed E-state index contributed by atoms with van der Waals surface area (Å²) in [4.78, 5) is 22.2. The van der Waals surface area contributed by atoms with Crippen molar-refractivity contribution in [2.45, 2.75) is 76.8 Å². The molecule has 0 saturated carbocycles. The lowest BCUT2D eigenvalue weighted by atomic mass is 9.98. The second-order valence-electron chi connectivity index (χ2n) is 9.90. The van der Waals surface area contributed by atoms with Crippen LogP contribution in [0.3, 0.4) is 0 Å². The molecule has 3 aromatic rings. The second-order valence-corrected chi connectivity index (χ2v) is 10.3. The highest BCUT2D eigenvalue weighted by Gasteiger charge is 2.43. The zero-order chi connectivity index (χ0) is 23.6. The SMILES string of the molecule is CC(C)N1[C@@H]2CC[C@H]1C[C@@H](Oc1cc(F)ccc1C(=O)N1Cc3nn4cc(Cl)cnc4c3C1)C2. The van der Waals surface area contributed by atoms with Gasteiger partial charge in [0.2, 0.25) is 0 Å². The van der Waals surface area contributed by atoms with Crippen molar-refractivity contribution in [1.82, 2.24) is 24.4 Å². The van der Waals surface area contributed by atoms with Gasteiger partial charge in [-0.15, -0.1) is 0 Å². The van der Waals surface area contributed by atoms with Gasteiger partial charge in [0.1, 0.15) is 17.7 Å². The number of aromatic nitrogens is 3. The predicted octanol–water partition coefficient (Wildman–Crippen LogP) is 4.46. The summed E-state index contributed by atoms with van der Waals surface area (Å²) < 4.78 is 22.2. The molecule has 0 spiro atoms. The van der Waals surface area contributed by atoms with Crippen LogP contribution in [0.15, 0.2) is 30.6 Å². The maximum absolute atomic E-state index is 14.2. The third kappa shape index (κ3) is 3.64. The third-order valence-electron chi connectivity index (χ3n) is 7.41. The Hall–Kier alpha value is -2.71. The lowest BCUT2D eigenvalue weighted by Gasteiger charge is -2.41. The predicted molar refractivity (Wildman–Crippen MR) is 125 cm³/mol. The number of amides is 1. The summed E-state index contributed by atoms with van der Waals surface area (Å²) in [6.07, 6.45) is 7.41. The van der Waals surface area contributed by atoms with Crippen molar-refractivity contribution < 1.29 is 13.9 Å². The van der Waals surface area contributed by atoms with Crippen molar-refractivity contribution in [1.29, 1.82) is 0 Å². The van der Waals surface area contributed by atoms with Crippen molar-refractivity contribution in [3.8, 4) is 5.75 Å². The normalized spacial score (nSPS) is 24.3. The fourth-order valence-electron chi connectivity index (χ4n) is 6.09. The maximum Gasteiger partial charge on any atom is 0.258 e. The first-order valence-electron chi connectivity index (χ1n) is 11.9. The van der Waals surface area contributed by atoms with Crippen molar-refractivity contribution >= 4 is 23.2 Å². The molecular formula is C25H27ClFN5O2. The first kappa shape index (κ1) is 21.8. The first-order valence-corrected chi connectivity index (χ1v) is 12.3. The van der Waals surface area contributed by atoms with Gasteiger partial charge in [-0.3, -0.25) is 9.69 Å². The molecule has 0 radical (unpaired) electrons. The first-order chi connectivity index (χ1) is 16.4. The van der Waals surface area contributed by atoms with E-state index >= 15 is 0 Å². The molecule has 2 aromatic heterocycles. The van der Waals surface area contributed by atoms with E-state index in [1.165, 1.54) is 31.0 Å². The van der Waals surface area contributed by atoms with Crippen LogP contribution >= 0.6 is 11.6 Å². The average Bonchev–Trinajstić information content (AvgIpc) is 3.42. The number of carbonyl (C=O) groups excluding carboxylic acids is 1. The number of hydrogen-bond donors (Lipinski definition) is 0. The van der Waals surface area contributed by atoms with Crippen LogP contribution in [0.1, 0.15) is 61.1 Å². The molecule has 3 atom stereocenters. The van der Waals surface area contributed by atoms with Gasteiger partial charge in [0, 0.05) is 36.0 Å². The van der Waals surface area contributed by atoms with Gasteiger partial charge in [-0.05, 0) is 51.7 Å². The maximum atomic E-state index is 14.2. The molecule has 1 aromatic carbocycles. The molecule has 0 N–H and O–H groups in total. The minimum absolute atomic E-state index is 0.0187. The van der Waals surface area contributed by atoms with Crippen LogP contribution in [0.2, 0.25) is 5.02 Å². The molecule has 3 aliphatic rings. The molecule has 2 fully saturated rings. The molecule has 2 saturated heterocycles. The molecule has 178 valence electrons. The summed E-state index contributed by atoms with van der Waals surface area (Å²) in [7, 11) is 0. The van der Waals surface area contributed by atoms with Gasteiger partial charge in [-0.1, -0.05) is 11.6 Å². The Bertz CT molecular complexity index is 1260. The van der Waals surface area contributed by atoms with Gasteiger partial charge in [-0.25, -0.2) is 13.9 Å². The minimum Gasteiger partial charge on any atom is -0.489 e. The summed E-state index contributed by atoms with van der Waals surface area (Å²) in [5.41, 5.74) is 2.79. The van der Waals surface area contributed by atoms with Gasteiger partial charge in [0.15, 0.2) is 5.65 Å². The van der Waals surface area contributed by atoms with Crippen molar-refractivity contribution in [2.24, 2.45) is 0 Å². The molecule has 7 nitrogen and oxygen atoms in total. The third-order valence-corrected chi connectivity index (χ3v) is 7.60. The molecule has 6 rings (SSSR count). The van der Waals surface area contributed by atoms with E-state index in [2.05, 4.69) is 28.8 Å². The number of rotatable bonds is 4. The van der Waals surface area contributed by atoms with E-state index < -0.39 is 5.82 Å². The van der Waals surface area contributed by atoms with Crippen molar-refractivity contribution in [3.63, 3.8) is 0 Å². The lowest BCUT2D eigenvalue weighted by Crippen LogP contribution is -2.49. The highest BCUT2D eigenvalue weighted by atomic mass is 35.5. The molecule has 9 heteroatoms. The monoisotopic (exact) mass is 483 g/mol. The molecule has 5 heterocycles. The Balaban J connectivity index is 1.22. The van der Waals surface area contributed by atoms with Crippen LogP contribution in [0, 0.1) is 5.82 Å². The summed E-state index contributed by atoms with van der Waals surface area (Å²) in [5.74, 6) is -0.267. The van der Waals surface area contributed by atoms with E-state index in [-0.39, 0.29) is 12.0 Å². The van der Waals surface area contributed by atoms with Gasteiger partial charge in [0.05, 0.1) is 35.6 Å². The number of nitrogens with zero attached hydrogens (tertiary/aromatic N) is 5. The Morgan fingerprint density at radius 3 is 2.71 bits per heavy atom. The fourth-order valence-corrected chi connectivity index (χ4v) is 6.23. The van der Waals surface area contributed by atoms with E-state index in [9.17, 15) is 9.18 Å². The van der Waals surface area contributed by atoms with Crippen LogP contribution in [-0.4, -0.2) is 54.5 Å². The average molecular weight is 484 g/mol. The van der Waals surface area contributed by atoms with Gasteiger partial charge < -0.3 is 9.64 Å². The smallest absolute Gasteiger partial charge is 0.258 e. The number of carbonyl (C=O) groups is 1. The molecule has 34 heavy (non-hydrogen) atoms. The van der Waals surface area contributed by atoms with E-state index in [0.717, 1.165) is 24.1 Å². The molecular weight excluding hydrogens is 457 g/mol. The van der Waals surface area contributed by atoms with Gasteiger partial charge >= 0.3 is 0 Å². The number of benzene rings is 1. The highest BCUT2D eigenvalue weighted by Crippen LogP contribution is 2.39. The van der Waals surface area contributed by atoms with Crippen LogP contribution in [0.5, 0.6) is 5.75 Å². The zero-order valence-electron chi connectivity index (χ0n) is 19.2. The van der Waals surface area contributed by atoms with E-state index in [4.69, 9.17) is 16.3 Å². The van der Waals surface area contributed by atoms with Crippen molar-refractivity contribution in [3.05, 3.63) is 58.3 Å². The van der Waals surface area contributed by atoms with E-state index in [1.807, 2.05) is 0 Å².